The van der Waals surface area contributed by atoms with Gasteiger partial charge in [0.2, 0.25) is 0 Å². The van der Waals surface area contributed by atoms with E-state index in [-0.39, 0.29) is 5.56 Å². The minimum Gasteiger partial charge on any atom is -0.397 e. The average molecular weight is 286 g/mol. The van der Waals surface area contributed by atoms with E-state index in [4.69, 9.17) is 5.73 Å². The lowest BCUT2D eigenvalue weighted by Gasteiger charge is -2.11. The molecule has 0 radical (unpaired) electrons. The Morgan fingerprint density at radius 1 is 1.29 bits per heavy atom. The molecule has 0 bridgehead atoms. The number of H-pyrrole nitrogens is 1. The van der Waals surface area contributed by atoms with E-state index in [0.29, 0.717) is 33.3 Å². The first-order chi connectivity index (χ1) is 9.75. The van der Waals surface area contributed by atoms with Gasteiger partial charge in [0.15, 0.2) is 0 Å². The van der Waals surface area contributed by atoms with E-state index in [9.17, 15) is 4.79 Å². The summed E-state index contributed by atoms with van der Waals surface area (Å²) in [5.41, 5.74) is 8.64. The summed E-state index contributed by atoms with van der Waals surface area (Å²) in [6, 6.07) is 3.54. The van der Waals surface area contributed by atoms with Crippen LogP contribution in [0.2, 0.25) is 0 Å². The molecule has 0 aliphatic heterocycles. The van der Waals surface area contributed by atoms with Gasteiger partial charge in [-0.15, -0.1) is 0 Å². The smallest absolute Gasteiger partial charge is 0.258 e. The molecule has 1 aliphatic carbocycles. The highest BCUT2D eigenvalue weighted by molar-refractivity contribution is 5.88. The Bertz CT molecular complexity index is 746. The van der Waals surface area contributed by atoms with Gasteiger partial charge in [-0.1, -0.05) is 27.7 Å². The summed E-state index contributed by atoms with van der Waals surface area (Å²) in [6.45, 7) is 10.1. The fraction of sp³-hybridized carbons (Fsp3) is 0.500. The maximum atomic E-state index is 11.7. The molecule has 0 unspecified atom stereocenters. The monoisotopic (exact) mass is 286 g/mol. The summed E-state index contributed by atoms with van der Waals surface area (Å²) in [5, 5.41) is 3.94. The number of nitrogens with one attached hydrogen (secondary N) is 2. The van der Waals surface area contributed by atoms with Crippen molar-refractivity contribution in [2.24, 2.45) is 16.7 Å². The zero-order valence-electron chi connectivity index (χ0n) is 12.9. The SMILES string of the molecule is CC1(C)C(CNc2cc3nc[nH]c(=O)c3cc2N)C1(C)C. The van der Waals surface area contributed by atoms with Crippen LogP contribution in [0.15, 0.2) is 23.3 Å². The lowest BCUT2D eigenvalue weighted by molar-refractivity contribution is 0.457. The van der Waals surface area contributed by atoms with Gasteiger partial charge in [-0.2, -0.15) is 0 Å². The topological polar surface area (TPSA) is 83.8 Å². The molecule has 112 valence electrons. The molecule has 0 atom stereocenters. The number of aromatic amines is 1. The van der Waals surface area contributed by atoms with Crippen LogP contribution in [-0.2, 0) is 0 Å². The highest BCUT2D eigenvalue weighted by atomic mass is 16.1. The minimum absolute atomic E-state index is 0.164. The van der Waals surface area contributed by atoms with Gasteiger partial charge in [0, 0.05) is 6.54 Å². The van der Waals surface area contributed by atoms with Crippen molar-refractivity contribution >= 4 is 22.3 Å². The number of anilines is 2. The standard InChI is InChI=1S/C16H22N4O/c1-15(2)13(16(15,3)4)7-18-12-6-11-9(5-10(12)17)14(21)20-8-19-11/h5-6,8,13,18H,7,17H2,1-4H3,(H,19,20,21). The van der Waals surface area contributed by atoms with Crippen molar-refractivity contribution in [2.45, 2.75) is 27.7 Å². The van der Waals surface area contributed by atoms with Crippen molar-refractivity contribution in [3.05, 3.63) is 28.8 Å². The molecule has 1 heterocycles. The van der Waals surface area contributed by atoms with Crippen LogP contribution in [0, 0.1) is 16.7 Å². The summed E-state index contributed by atoms with van der Waals surface area (Å²) < 4.78 is 0. The van der Waals surface area contributed by atoms with Gasteiger partial charge < -0.3 is 16.0 Å². The summed E-state index contributed by atoms with van der Waals surface area (Å²) in [4.78, 5) is 18.5. The predicted molar refractivity (Wildman–Crippen MR) is 86.3 cm³/mol. The number of benzene rings is 1. The molecule has 0 saturated heterocycles. The lowest BCUT2D eigenvalue weighted by Crippen LogP contribution is -2.11. The van der Waals surface area contributed by atoms with Gasteiger partial charge in [0.25, 0.3) is 5.56 Å². The molecular weight excluding hydrogens is 264 g/mol. The zero-order valence-corrected chi connectivity index (χ0v) is 12.9. The van der Waals surface area contributed by atoms with Crippen molar-refractivity contribution in [1.82, 2.24) is 9.97 Å². The lowest BCUT2D eigenvalue weighted by atomic mass is 10.0. The van der Waals surface area contributed by atoms with E-state index < -0.39 is 0 Å². The third kappa shape index (κ3) is 1.99. The maximum Gasteiger partial charge on any atom is 0.258 e. The summed E-state index contributed by atoms with van der Waals surface area (Å²) >= 11 is 0. The van der Waals surface area contributed by atoms with Crippen molar-refractivity contribution in [3.8, 4) is 0 Å². The van der Waals surface area contributed by atoms with Crippen LogP contribution in [-0.4, -0.2) is 16.5 Å². The van der Waals surface area contributed by atoms with Crippen LogP contribution in [0.1, 0.15) is 27.7 Å². The molecule has 1 aromatic carbocycles. The van der Waals surface area contributed by atoms with Crippen LogP contribution in [0.3, 0.4) is 0 Å². The van der Waals surface area contributed by atoms with E-state index in [1.54, 1.807) is 6.07 Å². The van der Waals surface area contributed by atoms with E-state index in [2.05, 4.69) is 43.0 Å². The number of nitrogen functional groups attached to an aromatic ring is 1. The highest BCUT2D eigenvalue weighted by Crippen LogP contribution is 2.68. The van der Waals surface area contributed by atoms with Crippen LogP contribution in [0.4, 0.5) is 11.4 Å². The van der Waals surface area contributed by atoms with Crippen molar-refractivity contribution in [2.75, 3.05) is 17.6 Å². The molecule has 5 heteroatoms. The van der Waals surface area contributed by atoms with E-state index >= 15 is 0 Å². The number of rotatable bonds is 3. The van der Waals surface area contributed by atoms with Crippen LogP contribution in [0.5, 0.6) is 0 Å². The fourth-order valence-corrected chi connectivity index (χ4v) is 3.34. The number of hydrogen-bond donors (Lipinski definition) is 3. The van der Waals surface area contributed by atoms with Gasteiger partial charge in [0.05, 0.1) is 28.6 Å². The molecule has 1 fully saturated rings. The van der Waals surface area contributed by atoms with E-state index in [0.717, 1.165) is 12.2 Å². The van der Waals surface area contributed by atoms with Crippen molar-refractivity contribution < 1.29 is 0 Å². The first-order valence-electron chi connectivity index (χ1n) is 7.26. The van der Waals surface area contributed by atoms with E-state index in [1.807, 2.05) is 6.07 Å². The first kappa shape index (κ1) is 13.9. The predicted octanol–water partition coefficient (Wildman–Crippen LogP) is 2.60. The Balaban J connectivity index is 1.86. The third-order valence-electron chi connectivity index (χ3n) is 5.63. The molecule has 3 rings (SSSR count). The molecule has 2 aromatic rings. The molecule has 1 aromatic heterocycles. The Kier molecular flexibility index (Phi) is 2.80. The summed E-state index contributed by atoms with van der Waals surface area (Å²) in [5.74, 6) is 0.604. The Morgan fingerprint density at radius 3 is 2.57 bits per heavy atom. The second-order valence-electron chi connectivity index (χ2n) is 7.07. The van der Waals surface area contributed by atoms with Gasteiger partial charge in [-0.25, -0.2) is 4.98 Å². The molecule has 1 saturated carbocycles. The zero-order chi connectivity index (χ0) is 15.4. The second kappa shape index (κ2) is 4.23. The van der Waals surface area contributed by atoms with Gasteiger partial charge in [-0.05, 0) is 28.9 Å². The normalized spacial score (nSPS) is 19.6. The quantitative estimate of drug-likeness (QED) is 0.757. The Morgan fingerprint density at radius 2 is 1.95 bits per heavy atom. The minimum atomic E-state index is -0.164. The second-order valence-corrected chi connectivity index (χ2v) is 7.07. The van der Waals surface area contributed by atoms with Gasteiger partial charge in [-0.3, -0.25) is 4.79 Å². The van der Waals surface area contributed by atoms with Crippen LogP contribution in [0.25, 0.3) is 10.9 Å². The van der Waals surface area contributed by atoms with Crippen LogP contribution >= 0.6 is 0 Å². The van der Waals surface area contributed by atoms with Crippen molar-refractivity contribution in [1.29, 1.82) is 0 Å². The average Bonchev–Trinajstić information content (AvgIpc) is 2.79. The number of hydrogen-bond acceptors (Lipinski definition) is 4. The van der Waals surface area contributed by atoms with Gasteiger partial charge in [0.1, 0.15) is 0 Å². The molecular formula is C16H22N4O. The van der Waals surface area contributed by atoms with E-state index in [1.165, 1.54) is 6.33 Å². The Labute approximate surface area is 124 Å². The number of fused-ring (bicyclic) bond motifs is 1. The molecule has 5 nitrogen and oxygen atoms in total. The third-order valence-corrected chi connectivity index (χ3v) is 5.63. The number of nitrogens with zero attached hydrogens (tertiary/aromatic N) is 1. The molecule has 4 N–H and O–H groups in total. The summed E-state index contributed by atoms with van der Waals surface area (Å²) in [6.07, 6.45) is 1.41. The molecule has 0 spiro atoms. The summed E-state index contributed by atoms with van der Waals surface area (Å²) in [7, 11) is 0. The fourth-order valence-electron chi connectivity index (χ4n) is 3.34. The van der Waals surface area contributed by atoms with Crippen LogP contribution < -0.4 is 16.6 Å². The number of aromatic nitrogens is 2. The largest absolute Gasteiger partial charge is 0.397 e. The highest BCUT2D eigenvalue weighted by Gasteiger charge is 2.64. The molecule has 1 aliphatic rings. The van der Waals surface area contributed by atoms with Crippen molar-refractivity contribution in [3.63, 3.8) is 0 Å². The molecule has 21 heavy (non-hydrogen) atoms. The first-order valence-corrected chi connectivity index (χ1v) is 7.26. The maximum absolute atomic E-state index is 11.7. The Hall–Kier alpha value is -2.04. The van der Waals surface area contributed by atoms with Gasteiger partial charge >= 0.3 is 0 Å². The number of nitrogens with two attached hydrogens (primary N) is 1. The molecule has 0 amide bonds.